The number of benzene rings is 2. The average molecular weight is 557 g/mol. The number of piperidine rings is 1. The van der Waals surface area contributed by atoms with Crippen LogP contribution in [0, 0.1) is 0 Å². The largest absolute Gasteiger partial charge is 0.495 e. The molecule has 2 fully saturated rings. The lowest BCUT2D eigenvalue weighted by Crippen LogP contribution is -2.62. The molecule has 2 amide bonds. The van der Waals surface area contributed by atoms with Crippen LogP contribution in [0.4, 0.5) is 28.8 Å². The number of likely N-dealkylation sites (N-methyl/N-ethyl adjacent to an activating group) is 1. The van der Waals surface area contributed by atoms with Crippen molar-refractivity contribution < 1.29 is 14.3 Å². The molecule has 214 valence electrons. The van der Waals surface area contributed by atoms with E-state index in [1.807, 2.05) is 24.3 Å². The third kappa shape index (κ3) is 5.37. The molecule has 0 spiro atoms. The maximum absolute atomic E-state index is 13.3. The molecule has 0 unspecified atom stereocenters. The van der Waals surface area contributed by atoms with Crippen molar-refractivity contribution in [2.75, 3.05) is 73.9 Å². The third-order valence-electron chi connectivity index (χ3n) is 8.26. The molecule has 0 saturated carbocycles. The number of anilines is 5. The number of hydrogen-bond donors (Lipinski definition) is 2. The second-order valence-corrected chi connectivity index (χ2v) is 10.9. The van der Waals surface area contributed by atoms with E-state index in [0.717, 1.165) is 44.0 Å². The molecule has 3 aliphatic rings. The number of carbonyl (C=O) groups is 2. The molecule has 2 saturated heterocycles. The molecule has 2 N–H and O–H groups in total. The normalized spacial score (nSPS) is 19.4. The number of piperazine rings is 1. The van der Waals surface area contributed by atoms with Crippen molar-refractivity contribution in [2.45, 2.75) is 24.9 Å². The van der Waals surface area contributed by atoms with Crippen LogP contribution in [0.25, 0.3) is 0 Å². The second-order valence-electron chi connectivity index (χ2n) is 10.9. The van der Waals surface area contributed by atoms with Gasteiger partial charge in [-0.15, -0.1) is 0 Å². The number of nitrogens with one attached hydrogen (secondary N) is 2. The zero-order chi connectivity index (χ0) is 28.5. The molecule has 3 aliphatic heterocycles. The summed E-state index contributed by atoms with van der Waals surface area (Å²) < 4.78 is 5.62. The van der Waals surface area contributed by atoms with Gasteiger partial charge < -0.3 is 35.0 Å². The van der Waals surface area contributed by atoms with Crippen LogP contribution in [-0.2, 0) is 4.79 Å². The van der Waals surface area contributed by atoms with Crippen LogP contribution in [0.5, 0.6) is 5.75 Å². The first-order valence-electron chi connectivity index (χ1n) is 14.1. The van der Waals surface area contributed by atoms with E-state index >= 15 is 0 Å². The molecule has 6 rings (SSSR count). The molecule has 3 aromatic rings. The molecular weight excluding hydrogens is 520 g/mol. The van der Waals surface area contributed by atoms with Crippen LogP contribution in [-0.4, -0.2) is 92.7 Å². The Morgan fingerprint density at radius 2 is 1.80 bits per heavy atom. The van der Waals surface area contributed by atoms with E-state index in [-0.39, 0.29) is 23.9 Å². The second kappa shape index (κ2) is 11.2. The summed E-state index contributed by atoms with van der Waals surface area (Å²) in [6, 6.07) is 15.3. The molecule has 4 heterocycles. The van der Waals surface area contributed by atoms with Crippen LogP contribution in [0.1, 0.15) is 23.2 Å². The van der Waals surface area contributed by atoms with Crippen LogP contribution in [0.2, 0.25) is 0 Å². The summed E-state index contributed by atoms with van der Waals surface area (Å²) in [5.41, 5.74) is 2.97. The van der Waals surface area contributed by atoms with Crippen LogP contribution in [0.3, 0.4) is 0 Å². The molecule has 0 aliphatic carbocycles. The monoisotopic (exact) mass is 556 g/mol. The number of methoxy groups -OCH3 is 1. The van der Waals surface area contributed by atoms with Gasteiger partial charge in [0.15, 0.2) is 5.82 Å². The van der Waals surface area contributed by atoms with Crippen molar-refractivity contribution in [1.82, 2.24) is 20.2 Å². The first kappa shape index (κ1) is 26.8. The quantitative estimate of drug-likeness (QED) is 0.474. The topological polar surface area (TPSA) is 106 Å². The minimum absolute atomic E-state index is 0.0261. The van der Waals surface area contributed by atoms with Crippen molar-refractivity contribution in [3.63, 3.8) is 0 Å². The average Bonchev–Trinajstić information content (AvgIpc) is 3.01. The van der Waals surface area contributed by atoms with Gasteiger partial charge in [0.25, 0.3) is 11.8 Å². The molecule has 1 atom stereocenters. The van der Waals surface area contributed by atoms with Gasteiger partial charge in [0.05, 0.1) is 19.0 Å². The fourth-order valence-electron chi connectivity index (χ4n) is 5.82. The predicted molar refractivity (Wildman–Crippen MR) is 159 cm³/mol. The summed E-state index contributed by atoms with van der Waals surface area (Å²) in [5, 5.41) is 6.41. The van der Waals surface area contributed by atoms with E-state index in [0.29, 0.717) is 41.7 Å². The fraction of sp³-hybridized carbons (Fsp3) is 0.400. The van der Waals surface area contributed by atoms with Gasteiger partial charge in [-0.1, -0.05) is 18.2 Å². The Hall–Kier alpha value is -4.38. The van der Waals surface area contributed by atoms with Gasteiger partial charge in [-0.2, -0.15) is 4.98 Å². The summed E-state index contributed by atoms with van der Waals surface area (Å²) in [4.78, 5) is 43.8. The lowest BCUT2D eigenvalue weighted by molar-refractivity contribution is -0.119. The van der Waals surface area contributed by atoms with Crippen LogP contribution >= 0.6 is 0 Å². The molecule has 0 bridgehead atoms. The number of amides is 2. The van der Waals surface area contributed by atoms with E-state index in [1.54, 1.807) is 37.4 Å². The third-order valence-corrected chi connectivity index (χ3v) is 8.26. The number of hydrogen-bond acceptors (Lipinski definition) is 9. The highest BCUT2D eigenvalue weighted by Crippen LogP contribution is 2.37. The minimum atomic E-state index is -0.346. The van der Waals surface area contributed by atoms with E-state index in [4.69, 9.17) is 9.72 Å². The van der Waals surface area contributed by atoms with Gasteiger partial charge in [0, 0.05) is 44.0 Å². The number of aromatic nitrogens is 2. The molecule has 11 heteroatoms. The number of rotatable bonds is 6. The van der Waals surface area contributed by atoms with E-state index < -0.39 is 0 Å². The van der Waals surface area contributed by atoms with Gasteiger partial charge in [-0.25, -0.2) is 4.98 Å². The zero-order valence-corrected chi connectivity index (χ0v) is 23.7. The highest BCUT2D eigenvalue weighted by Gasteiger charge is 2.41. The first-order valence-corrected chi connectivity index (χ1v) is 14.1. The van der Waals surface area contributed by atoms with Crippen molar-refractivity contribution in [2.24, 2.45) is 0 Å². The smallest absolute Gasteiger partial charge is 0.251 e. The summed E-state index contributed by atoms with van der Waals surface area (Å²) in [6.45, 7) is 3.97. The fourth-order valence-corrected chi connectivity index (χ4v) is 5.82. The molecule has 2 aromatic carbocycles. The van der Waals surface area contributed by atoms with Crippen molar-refractivity contribution in [3.8, 4) is 5.75 Å². The van der Waals surface area contributed by atoms with Crippen molar-refractivity contribution in [1.29, 1.82) is 0 Å². The SMILES string of the molecule is COc1cc(C(=O)NC2CCN(C)CC2)ccc1Nc1ncc2c(n1)N1CCN(c3ccccc3)C[C@@H]1C(=O)N2C. The number of para-hydroxylation sites is 1. The molecule has 1 aromatic heterocycles. The number of ether oxygens (including phenoxy) is 1. The lowest BCUT2D eigenvalue weighted by Gasteiger charge is -2.47. The van der Waals surface area contributed by atoms with Crippen molar-refractivity contribution >= 4 is 40.6 Å². The maximum Gasteiger partial charge on any atom is 0.251 e. The van der Waals surface area contributed by atoms with Gasteiger partial charge in [0.2, 0.25) is 5.95 Å². The Bertz CT molecular complexity index is 1430. The minimum Gasteiger partial charge on any atom is -0.495 e. The van der Waals surface area contributed by atoms with E-state index in [1.165, 1.54) is 0 Å². The number of fused-ring (bicyclic) bond motifs is 3. The molecule has 11 nitrogen and oxygen atoms in total. The van der Waals surface area contributed by atoms with Crippen molar-refractivity contribution in [3.05, 3.63) is 60.3 Å². The van der Waals surface area contributed by atoms with Gasteiger partial charge in [0.1, 0.15) is 17.5 Å². The molecular formula is C30H36N8O3. The summed E-state index contributed by atoms with van der Waals surface area (Å²) >= 11 is 0. The van der Waals surface area contributed by atoms with Crippen LogP contribution in [0.15, 0.2) is 54.7 Å². The number of nitrogens with zero attached hydrogens (tertiary/aromatic N) is 6. The number of carbonyl (C=O) groups excluding carboxylic acids is 2. The number of likely N-dealkylation sites (tertiary alicyclic amines) is 1. The molecule has 0 radical (unpaired) electrons. The van der Waals surface area contributed by atoms with E-state index in [9.17, 15) is 9.59 Å². The highest BCUT2D eigenvalue weighted by atomic mass is 16.5. The highest BCUT2D eigenvalue weighted by molar-refractivity contribution is 6.05. The van der Waals surface area contributed by atoms with Gasteiger partial charge in [-0.05, 0) is 63.3 Å². The van der Waals surface area contributed by atoms with E-state index in [2.05, 4.69) is 49.5 Å². The predicted octanol–water partition coefficient (Wildman–Crippen LogP) is 2.72. The Labute approximate surface area is 240 Å². The summed E-state index contributed by atoms with van der Waals surface area (Å²) in [6.07, 6.45) is 3.56. The Morgan fingerprint density at radius 1 is 1.02 bits per heavy atom. The zero-order valence-electron chi connectivity index (χ0n) is 23.7. The van der Waals surface area contributed by atoms with Gasteiger partial charge >= 0.3 is 0 Å². The van der Waals surface area contributed by atoms with Gasteiger partial charge in [-0.3, -0.25) is 9.59 Å². The Morgan fingerprint density at radius 3 is 2.56 bits per heavy atom. The summed E-state index contributed by atoms with van der Waals surface area (Å²) in [5.74, 6) is 1.54. The lowest BCUT2D eigenvalue weighted by atomic mass is 10.0. The maximum atomic E-state index is 13.3. The Balaban J connectivity index is 1.19. The Kier molecular flexibility index (Phi) is 7.36. The summed E-state index contributed by atoms with van der Waals surface area (Å²) in [7, 11) is 5.45. The molecule has 41 heavy (non-hydrogen) atoms. The van der Waals surface area contributed by atoms with Crippen LogP contribution < -0.4 is 30.1 Å². The first-order chi connectivity index (χ1) is 19.9. The standard InChI is InChI=1S/C30H36N8O3/c1-35-13-11-21(12-14-35)32-28(39)20-9-10-23(26(17-20)41-3)33-30-31-18-24-27(34-30)38-16-15-37(22-7-5-4-6-8-22)19-25(38)29(40)36(24)2/h4-10,17-18,21,25H,11-16,19H2,1-3H3,(H,32,39)(H,31,33,34)/t25-/m1/s1.